The summed E-state index contributed by atoms with van der Waals surface area (Å²) < 4.78 is 0. The van der Waals surface area contributed by atoms with Crippen LogP contribution in [0.2, 0.25) is 0 Å². The maximum Gasteiger partial charge on any atom is 0.169 e. The van der Waals surface area contributed by atoms with E-state index in [1.807, 2.05) is 13.8 Å². The number of nitriles is 1. The fourth-order valence-electron chi connectivity index (χ4n) is 3.10. The van der Waals surface area contributed by atoms with Crippen molar-refractivity contribution in [3.63, 3.8) is 0 Å². The summed E-state index contributed by atoms with van der Waals surface area (Å²) in [5.74, 6) is 0.774. The summed E-state index contributed by atoms with van der Waals surface area (Å²) in [6.45, 7) is 10.4. The molecule has 0 spiro atoms. The highest BCUT2D eigenvalue weighted by Crippen LogP contribution is 2.39. The number of anilines is 1. The largest absolute Gasteiger partial charge is 0.354 e. The molecule has 0 saturated carbocycles. The fourth-order valence-corrected chi connectivity index (χ4v) is 3.10. The third-order valence-corrected chi connectivity index (χ3v) is 5.17. The van der Waals surface area contributed by atoms with E-state index in [2.05, 4.69) is 35.0 Å². The lowest BCUT2D eigenvalue weighted by atomic mass is 9.74. The number of aryl methyl sites for hydroxylation is 1. The lowest BCUT2D eigenvalue weighted by Crippen LogP contribution is -2.40. The number of rotatable bonds is 3. The second kappa shape index (κ2) is 5.78. The van der Waals surface area contributed by atoms with Gasteiger partial charge in [0.05, 0.1) is 5.69 Å². The molecule has 1 saturated heterocycles. The molecule has 1 aliphatic heterocycles. The van der Waals surface area contributed by atoms with Gasteiger partial charge in [0.25, 0.3) is 0 Å². The molecular formula is C16H24N4. The van der Waals surface area contributed by atoms with E-state index in [0.29, 0.717) is 11.0 Å². The highest BCUT2D eigenvalue weighted by Gasteiger charge is 2.32. The summed E-state index contributed by atoms with van der Waals surface area (Å²) in [5.41, 5.74) is 2.98. The van der Waals surface area contributed by atoms with Crippen molar-refractivity contribution in [1.29, 1.82) is 5.26 Å². The summed E-state index contributed by atoms with van der Waals surface area (Å²) in [6, 6.07) is 2.31. The molecule has 0 N–H and O–H groups in total. The summed E-state index contributed by atoms with van der Waals surface area (Å²) in [6.07, 6.45) is 4.83. The minimum atomic E-state index is 0.483. The Morgan fingerprint density at radius 2 is 1.75 bits per heavy atom. The van der Waals surface area contributed by atoms with Crippen LogP contribution in [0, 0.1) is 30.6 Å². The van der Waals surface area contributed by atoms with Gasteiger partial charge >= 0.3 is 0 Å². The molecule has 4 heteroatoms. The fraction of sp³-hybridized carbons (Fsp3) is 0.688. The molecular weight excluding hydrogens is 248 g/mol. The first-order chi connectivity index (χ1) is 9.56. The van der Waals surface area contributed by atoms with Gasteiger partial charge in [0.15, 0.2) is 5.82 Å². The molecule has 108 valence electrons. The summed E-state index contributed by atoms with van der Waals surface area (Å²) >= 11 is 0. The van der Waals surface area contributed by atoms with Crippen molar-refractivity contribution in [2.75, 3.05) is 18.0 Å². The molecule has 0 atom stereocenters. The molecule has 4 nitrogen and oxygen atoms in total. The van der Waals surface area contributed by atoms with Crippen LogP contribution in [-0.4, -0.2) is 23.3 Å². The quantitative estimate of drug-likeness (QED) is 0.846. The molecule has 20 heavy (non-hydrogen) atoms. The molecule has 1 aliphatic rings. The minimum absolute atomic E-state index is 0.483. The van der Waals surface area contributed by atoms with E-state index in [1.165, 1.54) is 25.7 Å². The molecule has 0 aromatic carbocycles. The van der Waals surface area contributed by atoms with E-state index in [1.54, 1.807) is 0 Å². The van der Waals surface area contributed by atoms with Crippen LogP contribution in [0.1, 0.15) is 56.4 Å². The monoisotopic (exact) mass is 272 g/mol. The average Bonchev–Trinajstić information content (AvgIpc) is 2.50. The predicted molar refractivity (Wildman–Crippen MR) is 80.7 cm³/mol. The van der Waals surface area contributed by atoms with Crippen LogP contribution in [-0.2, 0) is 0 Å². The van der Waals surface area contributed by atoms with Crippen molar-refractivity contribution in [1.82, 2.24) is 10.2 Å². The zero-order chi connectivity index (χ0) is 14.8. The van der Waals surface area contributed by atoms with E-state index in [4.69, 9.17) is 0 Å². The topological polar surface area (TPSA) is 52.8 Å². The molecule has 1 aromatic rings. The molecule has 0 radical (unpaired) electrons. The molecule has 2 rings (SSSR count). The van der Waals surface area contributed by atoms with E-state index in [0.717, 1.165) is 30.2 Å². The molecule has 1 fully saturated rings. The van der Waals surface area contributed by atoms with Crippen LogP contribution in [0.4, 0.5) is 5.82 Å². The predicted octanol–water partition coefficient (Wildman–Crippen LogP) is 3.37. The first kappa shape index (κ1) is 14.8. The lowest BCUT2D eigenvalue weighted by molar-refractivity contribution is 0.199. The second-order valence-corrected chi connectivity index (χ2v) is 5.91. The highest BCUT2D eigenvalue weighted by molar-refractivity contribution is 5.57. The van der Waals surface area contributed by atoms with Crippen LogP contribution in [0.5, 0.6) is 0 Å². The maximum absolute atomic E-state index is 9.40. The van der Waals surface area contributed by atoms with Gasteiger partial charge < -0.3 is 4.90 Å². The molecule has 1 aromatic heterocycles. The number of hydrogen-bond donors (Lipinski definition) is 0. The van der Waals surface area contributed by atoms with Gasteiger partial charge in [-0.15, -0.1) is 5.10 Å². The first-order valence-corrected chi connectivity index (χ1v) is 7.56. The molecule has 0 bridgehead atoms. The van der Waals surface area contributed by atoms with Crippen LogP contribution in [0.25, 0.3) is 0 Å². The van der Waals surface area contributed by atoms with Gasteiger partial charge in [-0.1, -0.05) is 26.7 Å². The van der Waals surface area contributed by atoms with E-state index >= 15 is 0 Å². The van der Waals surface area contributed by atoms with Crippen molar-refractivity contribution in [3.8, 4) is 6.07 Å². The molecule has 0 amide bonds. The van der Waals surface area contributed by atoms with Crippen LogP contribution >= 0.6 is 0 Å². The zero-order valence-electron chi connectivity index (χ0n) is 13.0. The minimum Gasteiger partial charge on any atom is -0.354 e. The normalized spacial score (nSPS) is 17.9. The Bertz CT molecular complexity index is 516. The summed E-state index contributed by atoms with van der Waals surface area (Å²) in [5, 5.41) is 17.9. The van der Waals surface area contributed by atoms with Crippen molar-refractivity contribution in [2.45, 2.75) is 53.4 Å². The Labute approximate surface area is 121 Å². The van der Waals surface area contributed by atoms with Crippen molar-refractivity contribution >= 4 is 5.82 Å². The average molecular weight is 272 g/mol. The van der Waals surface area contributed by atoms with Gasteiger partial charge in [0.2, 0.25) is 0 Å². The highest BCUT2D eigenvalue weighted by atomic mass is 15.3. The van der Waals surface area contributed by atoms with Crippen LogP contribution in [0.15, 0.2) is 0 Å². The van der Waals surface area contributed by atoms with Crippen LogP contribution in [0.3, 0.4) is 0 Å². The lowest BCUT2D eigenvalue weighted by Gasteiger charge is -2.41. The Balaban J connectivity index is 2.24. The SMILES string of the molecule is CCC1(CC)CCN(c2nnc(C)c(C)c2C#N)CC1. The number of nitrogens with zero attached hydrogens (tertiary/aromatic N) is 4. The first-order valence-electron chi connectivity index (χ1n) is 7.56. The van der Waals surface area contributed by atoms with E-state index in [9.17, 15) is 5.26 Å². The maximum atomic E-state index is 9.40. The van der Waals surface area contributed by atoms with Gasteiger partial charge in [-0.05, 0) is 37.7 Å². The number of aromatic nitrogens is 2. The third-order valence-electron chi connectivity index (χ3n) is 5.17. The Kier molecular flexibility index (Phi) is 4.27. The third kappa shape index (κ3) is 2.49. The Morgan fingerprint density at radius 3 is 2.25 bits per heavy atom. The van der Waals surface area contributed by atoms with Gasteiger partial charge in [-0.25, -0.2) is 0 Å². The number of hydrogen-bond acceptors (Lipinski definition) is 4. The van der Waals surface area contributed by atoms with Crippen LogP contribution < -0.4 is 4.90 Å². The van der Waals surface area contributed by atoms with Crippen molar-refractivity contribution in [3.05, 3.63) is 16.8 Å². The van der Waals surface area contributed by atoms with E-state index < -0.39 is 0 Å². The summed E-state index contributed by atoms with van der Waals surface area (Å²) in [7, 11) is 0. The molecule has 0 aliphatic carbocycles. The Hall–Kier alpha value is -1.63. The van der Waals surface area contributed by atoms with E-state index in [-0.39, 0.29) is 0 Å². The van der Waals surface area contributed by atoms with Crippen molar-refractivity contribution in [2.24, 2.45) is 5.41 Å². The number of piperidine rings is 1. The standard InChI is InChI=1S/C16H24N4/c1-5-16(6-2)7-9-20(10-8-16)15-14(11-17)12(3)13(4)18-19-15/h5-10H2,1-4H3. The second-order valence-electron chi connectivity index (χ2n) is 5.91. The summed E-state index contributed by atoms with van der Waals surface area (Å²) in [4.78, 5) is 2.24. The van der Waals surface area contributed by atoms with Gasteiger partial charge in [-0.2, -0.15) is 10.4 Å². The van der Waals surface area contributed by atoms with Gasteiger partial charge in [0, 0.05) is 13.1 Å². The van der Waals surface area contributed by atoms with Gasteiger partial charge in [-0.3, -0.25) is 0 Å². The zero-order valence-corrected chi connectivity index (χ0v) is 13.0. The van der Waals surface area contributed by atoms with Gasteiger partial charge in [0.1, 0.15) is 11.6 Å². The van der Waals surface area contributed by atoms with Crippen molar-refractivity contribution < 1.29 is 0 Å². The Morgan fingerprint density at radius 1 is 1.15 bits per heavy atom. The molecule has 2 heterocycles. The smallest absolute Gasteiger partial charge is 0.169 e. The molecule has 0 unspecified atom stereocenters.